The van der Waals surface area contributed by atoms with Crippen LogP contribution in [0, 0.1) is 11.3 Å². The number of rotatable bonds is 5. The van der Waals surface area contributed by atoms with Crippen molar-refractivity contribution in [3.05, 3.63) is 34.9 Å². The summed E-state index contributed by atoms with van der Waals surface area (Å²) in [5.74, 6) is 0.122. The van der Waals surface area contributed by atoms with Gasteiger partial charge in [0.05, 0.1) is 23.8 Å². The largest absolute Gasteiger partial charge is 0.462 e. The molecule has 0 aromatic heterocycles. The lowest BCUT2D eigenvalue weighted by atomic mass is 9.98. The average Bonchev–Trinajstić information content (AvgIpc) is 2.36. The molecule has 0 atom stereocenters. The van der Waals surface area contributed by atoms with Crippen molar-refractivity contribution in [2.45, 2.75) is 19.8 Å². The van der Waals surface area contributed by atoms with Crippen molar-refractivity contribution in [3.8, 4) is 6.07 Å². The van der Waals surface area contributed by atoms with Crippen molar-refractivity contribution in [1.82, 2.24) is 0 Å². The first-order chi connectivity index (χ1) is 8.24. The van der Waals surface area contributed by atoms with Gasteiger partial charge in [-0.3, -0.25) is 0 Å². The van der Waals surface area contributed by atoms with Crippen molar-refractivity contribution in [1.29, 1.82) is 5.26 Å². The van der Waals surface area contributed by atoms with Gasteiger partial charge in [-0.25, -0.2) is 4.79 Å². The van der Waals surface area contributed by atoms with Crippen molar-refractivity contribution in [3.63, 3.8) is 0 Å². The molecule has 0 aliphatic heterocycles. The van der Waals surface area contributed by atoms with Crippen LogP contribution in [0.2, 0.25) is 0 Å². The molecule has 0 unspecified atom stereocenters. The summed E-state index contributed by atoms with van der Waals surface area (Å²) in [4.78, 5) is 11.7. The smallest absolute Gasteiger partial charge is 0.338 e. The van der Waals surface area contributed by atoms with Gasteiger partial charge in [-0.1, -0.05) is 6.07 Å². The van der Waals surface area contributed by atoms with Gasteiger partial charge < -0.3 is 4.74 Å². The zero-order valence-corrected chi connectivity index (χ0v) is 10.5. The van der Waals surface area contributed by atoms with Gasteiger partial charge in [0.1, 0.15) is 0 Å². The molecule has 0 aliphatic rings. The normalized spacial score (nSPS) is 9.71. The molecule has 1 aromatic carbocycles. The SMILES string of the molecule is CCOC(=O)c1cccc(C#N)c1CCCCl. The Bertz CT molecular complexity index is 438. The number of hydrogen-bond donors (Lipinski definition) is 0. The van der Waals surface area contributed by atoms with Crippen molar-refractivity contribution < 1.29 is 9.53 Å². The number of esters is 1. The molecule has 0 fully saturated rings. The van der Waals surface area contributed by atoms with E-state index in [0.717, 1.165) is 12.0 Å². The monoisotopic (exact) mass is 251 g/mol. The van der Waals surface area contributed by atoms with E-state index < -0.39 is 0 Å². The van der Waals surface area contributed by atoms with Crippen molar-refractivity contribution in [2.75, 3.05) is 12.5 Å². The van der Waals surface area contributed by atoms with Crippen LogP contribution < -0.4 is 0 Å². The molecule has 0 aliphatic carbocycles. The lowest BCUT2D eigenvalue weighted by Crippen LogP contribution is -2.09. The standard InChI is InChI=1S/C13H14ClNO2/c1-2-17-13(16)12-6-3-5-10(9-15)11(12)7-4-8-14/h3,5-6H,2,4,7-8H2,1H3. The summed E-state index contributed by atoms with van der Waals surface area (Å²) >= 11 is 5.64. The highest BCUT2D eigenvalue weighted by Crippen LogP contribution is 2.18. The molecule has 0 saturated carbocycles. The second-order valence-electron chi connectivity index (χ2n) is 3.46. The molecule has 0 spiro atoms. The van der Waals surface area contributed by atoms with Gasteiger partial charge in [-0.05, 0) is 37.5 Å². The van der Waals surface area contributed by atoms with Gasteiger partial charge in [0.2, 0.25) is 0 Å². The van der Waals surface area contributed by atoms with Crippen molar-refractivity contribution >= 4 is 17.6 Å². The number of nitrogens with zero attached hydrogens (tertiary/aromatic N) is 1. The predicted octanol–water partition coefficient (Wildman–Crippen LogP) is 2.91. The minimum Gasteiger partial charge on any atom is -0.462 e. The Kier molecular flexibility index (Phi) is 5.51. The minimum absolute atomic E-state index is 0.324. The minimum atomic E-state index is -0.380. The zero-order valence-electron chi connectivity index (χ0n) is 9.70. The number of carbonyl (C=O) groups is 1. The first kappa shape index (κ1) is 13.5. The summed E-state index contributed by atoms with van der Waals surface area (Å²) in [7, 11) is 0. The van der Waals surface area contributed by atoms with Gasteiger partial charge in [0.15, 0.2) is 0 Å². The number of halogens is 1. The summed E-state index contributed by atoms with van der Waals surface area (Å²) < 4.78 is 4.97. The van der Waals surface area contributed by atoms with Crippen LogP contribution in [0.15, 0.2) is 18.2 Å². The van der Waals surface area contributed by atoms with E-state index >= 15 is 0 Å². The number of nitriles is 1. The molecule has 0 heterocycles. The Labute approximate surface area is 106 Å². The molecule has 1 rings (SSSR count). The van der Waals surface area contributed by atoms with Gasteiger partial charge >= 0.3 is 5.97 Å². The van der Waals surface area contributed by atoms with Crippen molar-refractivity contribution in [2.24, 2.45) is 0 Å². The van der Waals surface area contributed by atoms with E-state index in [-0.39, 0.29) is 5.97 Å². The maximum Gasteiger partial charge on any atom is 0.338 e. The van der Waals surface area contributed by atoms with Gasteiger partial charge in [-0.2, -0.15) is 5.26 Å². The van der Waals surface area contributed by atoms with E-state index in [0.29, 0.717) is 30.0 Å². The van der Waals surface area contributed by atoms with Crippen LogP contribution in [0.1, 0.15) is 34.8 Å². The lowest BCUT2D eigenvalue weighted by Gasteiger charge is -2.09. The number of hydrogen-bond acceptors (Lipinski definition) is 3. The number of benzene rings is 1. The highest BCUT2D eigenvalue weighted by Gasteiger charge is 2.15. The van der Waals surface area contributed by atoms with E-state index in [2.05, 4.69) is 6.07 Å². The van der Waals surface area contributed by atoms with Gasteiger partial charge in [0.25, 0.3) is 0 Å². The van der Waals surface area contributed by atoms with E-state index in [1.165, 1.54) is 0 Å². The third-order valence-corrected chi connectivity index (χ3v) is 2.62. The Hall–Kier alpha value is -1.53. The van der Waals surface area contributed by atoms with E-state index in [9.17, 15) is 4.79 Å². The molecule has 0 saturated heterocycles. The number of ether oxygens (including phenoxy) is 1. The molecule has 1 aromatic rings. The second kappa shape index (κ2) is 6.93. The average molecular weight is 252 g/mol. The molecule has 3 nitrogen and oxygen atoms in total. The third kappa shape index (κ3) is 3.47. The summed E-state index contributed by atoms with van der Waals surface area (Å²) in [6.07, 6.45) is 1.34. The van der Waals surface area contributed by atoms with Crippen LogP contribution in [-0.4, -0.2) is 18.5 Å². The predicted molar refractivity (Wildman–Crippen MR) is 66.2 cm³/mol. The molecular weight excluding hydrogens is 238 g/mol. The van der Waals surface area contributed by atoms with Gasteiger partial charge in [-0.15, -0.1) is 11.6 Å². The summed E-state index contributed by atoms with van der Waals surface area (Å²) in [5.41, 5.74) is 1.71. The fraction of sp³-hybridized carbons (Fsp3) is 0.385. The lowest BCUT2D eigenvalue weighted by molar-refractivity contribution is 0.0525. The Balaban J connectivity index is 3.10. The Morgan fingerprint density at radius 3 is 2.88 bits per heavy atom. The van der Waals surface area contributed by atoms with Crippen LogP contribution >= 0.6 is 11.6 Å². The quantitative estimate of drug-likeness (QED) is 0.597. The molecule has 0 radical (unpaired) electrons. The highest BCUT2D eigenvalue weighted by molar-refractivity contribution is 6.17. The summed E-state index contributed by atoms with van der Waals surface area (Å²) in [5, 5.41) is 9.02. The topological polar surface area (TPSA) is 50.1 Å². The molecule has 0 N–H and O–H groups in total. The van der Waals surface area contributed by atoms with E-state index in [4.69, 9.17) is 21.6 Å². The third-order valence-electron chi connectivity index (χ3n) is 2.35. The maximum absolute atomic E-state index is 11.7. The maximum atomic E-state index is 11.7. The zero-order chi connectivity index (χ0) is 12.7. The fourth-order valence-corrected chi connectivity index (χ4v) is 1.74. The Morgan fingerprint density at radius 1 is 1.53 bits per heavy atom. The van der Waals surface area contributed by atoms with Crippen LogP contribution in [-0.2, 0) is 11.2 Å². The fourth-order valence-electron chi connectivity index (χ4n) is 1.60. The van der Waals surface area contributed by atoms with E-state index in [1.54, 1.807) is 25.1 Å². The van der Waals surface area contributed by atoms with Crippen LogP contribution in [0.5, 0.6) is 0 Å². The van der Waals surface area contributed by atoms with Crippen LogP contribution in [0.3, 0.4) is 0 Å². The second-order valence-corrected chi connectivity index (χ2v) is 3.83. The first-order valence-corrected chi connectivity index (χ1v) is 6.03. The molecular formula is C13H14ClNO2. The first-order valence-electron chi connectivity index (χ1n) is 5.49. The number of carbonyl (C=O) groups excluding carboxylic acids is 1. The van der Waals surface area contributed by atoms with Crippen LogP contribution in [0.25, 0.3) is 0 Å². The molecule has 0 bridgehead atoms. The highest BCUT2D eigenvalue weighted by atomic mass is 35.5. The van der Waals surface area contributed by atoms with Crippen LogP contribution in [0.4, 0.5) is 0 Å². The Morgan fingerprint density at radius 2 is 2.29 bits per heavy atom. The van der Waals surface area contributed by atoms with Gasteiger partial charge in [0, 0.05) is 5.88 Å². The molecule has 17 heavy (non-hydrogen) atoms. The van der Waals surface area contributed by atoms with E-state index in [1.807, 2.05) is 0 Å². The molecule has 0 amide bonds. The summed E-state index contributed by atoms with van der Waals surface area (Å²) in [6.45, 7) is 2.08. The molecule has 90 valence electrons. The summed E-state index contributed by atoms with van der Waals surface area (Å²) in [6, 6.07) is 7.16. The molecule has 4 heteroatoms. The number of alkyl halides is 1.